The van der Waals surface area contributed by atoms with Gasteiger partial charge in [-0.2, -0.15) is 0 Å². The number of nitro groups is 1. The van der Waals surface area contributed by atoms with E-state index in [1.807, 2.05) is 0 Å². The second kappa shape index (κ2) is 7.04. The molecular formula is C16H18N4O3S. The first-order valence-electron chi connectivity index (χ1n) is 7.92. The molecule has 1 amide bonds. The van der Waals surface area contributed by atoms with Gasteiger partial charge in [-0.1, -0.05) is 43.1 Å². The summed E-state index contributed by atoms with van der Waals surface area (Å²) >= 11 is 1.37. The van der Waals surface area contributed by atoms with Gasteiger partial charge in [-0.3, -0.25) is 20.2 Å². The predicted octanol–water partition coefficient (Wildman–Crippen LogP) is 3.74. The monoisotopic (exact) mass is 346 g/mol. The number of hydrogen-bond acceptors (Lipinski definition) is 6. The van der Waals surface area contributed by atoms with Gasteiger partial charge in [0.05, 0.1) is 4.92 Å². The number of amides is 1. The van der Waals surface area contributed by atoms with Crippen LogP contribution in [0.5, 0.6) is 0 Å². The number of hydrogen-bond donors (Lipinski definition) is 1. The Labute approximate surface area is 143 Å². The molecule has 8 heteroatoms. The van der Waals surface area contributed by atoms with Crippen LogP contribution in [0.25, 0.3) is 0 Å². The van der Waals surface area contributed by atoms with Gasteiger partial charge in [0.25, 0.3) is 11.6 Å². The molecule has 0 atom stereocenters. The van der Waals surface area contributed by atoms with E-state index < -0.39 is 10.8 Å². The quantitative estimate of drug-likeness (QED) is 0.657. The lowest BCUT2D eigenvalue weighted by molar-refractivity contribution is -0.385. The molecule has 0 radical (unpaired) electrons. The van der Waals surface area contributed by atoms with E-state index in [9.17, 15) is 14.9 Å². The van der Waals surface area contributed by atoms with Crippen molar-refractivity contribution in [3.05, 3.63) is 44.4 Å². The summed E-state index contributed by atoms with van der Waals surface area (Å²) in [6.45, 7) is 1.57. The van der Waals surface area contributed by atoms with Crippen LogP contribution in [-0.4, -0.2) is 21.0 Å². The first kappa shape index (κ1) is 16.5. The van der Waals surface area contributed by atoms with Gasteiger partial charge in [-0.15, -0.1) is 10.2 Å². The summed E-state index contributed by atoms with van der Waals surface area (Å²) in [4.78, 5) is 22.9. The number of nitrogens with one attached hydrogen (secondary N) is 1. The molecule has 7 nitrogen and oxygen atoms in total. The van der Waals surface area contributed by atoms with Crippen molar-refractivity contribution in [2.45, 2.75) is 39.0 Å². The van der Waals surface area contributed by atoms with E-state index >= 15 is 0 Å². The Morgan fingerprint density at radius 2 is 2.12 bits per heavy atom. The van der Waals surface area contributed by atoms with Crippen LogP contribution in [0.15, 0.2) is 18.2 Å². The Morgan fingerprint density at radius 1 is 1.38 bits per heavy atom. The Kier molecular flexibility index (Phi) is 4.84. The van der Waals surface area contributed by atoms with Crippen LogP contribution >= 0.6 is 11.3 Å². The first-order chi connectivity index (χ1) is 11.5. The largest absolute Gasteiger partial charge is 0.296 e. The molecule has 1 saturated carbocycles. The Morgan fingerprint density at radius 3 is 2.83 bits per heavy atom. The van der Waals surface area contributed by atoms with E-state index in [4.69, 9.17) is 0 Å². The first-order valence-corrected chi connectivity index (χ1v) is 8.74. The zero-order valence-electron chi connectivity index (χ0n) is 13.3. The Bertz CT molecular complexity index is 768. The fraction of sp³-hybridized carbons (Fsp3) is 0.438. The lowest BCUT2D eigenvalue weighted by atomic mass is 10.1. The number of aromatic nitrogens is 2. The molecule has 3 rings (SSSR count). The summed E-state index contributed by atoms with van der Waals surface area (Å²) in [5.74, 6) is 0.264. The molecule has 0 saturated heterocycles. The lowest BCUT2D eigenvalue weighted by Crippen LogP contribution is -2.14. The molecule has 1 aliphatic carbocycles. The van der Waals surface area contributed by atoms with Gasteiger partial charge in [-0.05, 0) is 18.9 Å². The fourth-order valence-corrected chi connectivity index (χ4v) is 3.93. The van der Waals surface area contributed by atoms with Crippen molar-refractivity contribution >= 4 is 28.1 Å². The summed E-state index contributed by atoms with van der Waals surface area (Å²) in [6.07, 6.45) is 5.92. The van der Waals surface area contributed by atoms with E-state index in [1.54, 1.807) is 13.0 Å². The zero-order valence-corrected chi connectivity index (χ0v) is 14.1. The minimum absolute atomic E-state index is 0.0677. The van der Waals surface area contributed by atoms with E-state index in [2.05, 4.69) is 15.5 Å². The fourth-order valence-electron chi connectivity index (χ4n) is 3.08. The van der Waals surface area contributed by atoms with Gasteiger partial charge in [0.2, 0.25) is 5.13 Å². The Balaban J connectivity index is 1.70. The molecule has 0 aliphatic heterocycles. The summed E-state index contributed by atoms with van der Waals surface area (Å²) in [5, 5.41) is 23.2. The van der Waals surface area contributed by atoms with Crippen molar-refractivity contribution in [3.63, 3.8) is 0 Å². The second-order valence-corrected chi connectivity index (χ2v) is 7.08. The maximum Gasteiger partial charge on any atom is 0.273 e. The van der Waals surface area contributed by atoms with E-state index in [0.29, 0.717) is 16.6 Å². The third kappa shape index (κ3) is 3.59. The second-order valence-electron chi connectivity index (χ2n) is 6.02. The number of carbonyl (C=O) groups excluding carboxylic acids is 1. The maximum absolute atomic E-state index is 12.4. The highest BCUT2D eigenvalue weighted by Gasteiger charge is 2.20. The number of nitro benzene ring substituents is 1. The average Bonchev–Trinajstić information content (AvgIpc) is 3.19. The standard InChI is InChI=1S/C16H18N4O3S/c1-10-12(7-4-8-13(10)20(22)23)15(21)17-16-19-18-14(24-16)9-11-5-2-3-6-11/h4,7-8,11H,2-3,5-6,9H2,1H3,(H,17,19,21). The van der Waals surface area contributed by atoms with Crippen molar-refractivity contribution in [1.29, 1.82) is 0 Å². The zero-order chi connectivity index (χ0) is 17.1. The van der Waals surface area contributed by atoms with Crippen LogP contribution in [-0.2, 0) is 6.42 Å². The van der Waals surface area contributed by atoms with Crippen molar-refractivity contribution in [3.8, 4) is 0 Å². The molecule has 0 spiro atoms. The smallest absolute Gasteiger partial charge is 0.273 e. The summed E-state index contributed by atoms with van der Waals surface area (Å²) < 4.78 is 0. The van der Waals surface area contributed by atoms with Gasteiger partial charge >= 0.3 is 0 Å². The molecule has 1 fully saturated rings. The molecule has 0 unspecified atom stereocenters. The van der Waals surface area contributed by atoms with Crippen LogP contribution in [0.4, 0.5) is 10.8 Å². The van der Waals surface area contributed by atoms with Crippen molar-refractivity contribution in [1.82, 2.24) is 10.2 Å². The number of rotatable bonds is 5. The van der Waals surface area contributed by atoms with Gasteiger partial charge in [0.1, 0.15) is 5.01 Å². The van der Waals surface area contributed by atoms with Crippen molar-refractivity contribution < 1.29 is 9.72 Å². The van der Waals surface area contributed by atoms with Crippen LogP contribution in [0.2, 0.25) is 0 Å². The van der Waals surface area contributed by atoms with Gasteiger partial charge in [0.15, 0.2) is 0 Å². The molecule has 1 aliphatic rings. The molecule has 24 heavy (non-hydrogen) atoms. The predicted molar refractivity (Wildman–Crippen MR) is 91.4 cm³/mol. The number of carbonyl (C=O) groups is 1. The van der Waals surface area contributed by atoms with Crippen molar-refractivity contribution in [2.24, 2.45) is 5.92 Å². The minimum atomic E-state index is -0.489. The Hall–Kier alpha value is -2.35. The topological polar surface area (TPSA) is 98.0 Å². The summed E-state index contributed by atoms with van der Waals surface area (Å²) in [6, 6.07) is 4.46. The van der Waals surface area contributed by atoms with E-state index in [1.165, 1.54) is 49.2 Å². The lowest BCUT2D eigenvalue weighted by Gasteiger charge is -2.05. The molecule has 126 valence electrons. The third-order valence-electron chi connectivity index (χ3n) is 4.37. The molecule has 1 N–H and O–H groups in total. The third-order valence-corrected chi connectivity index (χ3v) is 5.23. The van der Waals surface area contributed by atoms with Crippen LogP contribution in [0.3, 0.4) is 0 Å². The van der Waals surface area contributed by atoms with Gasteiger partial charge in [-0.25, -0.2) is 0 Å². The van der Waals surface area contributed by atoms with E-state index in [0.717, 1.165) is 11.4 Å². The SMILES string of the molecule is Cc1c(C(=O)Nc2nnc(CC3CCCC3)s2)cccc1[N+](=O)[O-]. The number of anilines is 1. The molecule has 2 aromatic rings. The van der Waals surface area contributed by atoms with Crippen molar-refractivity contribution in [2.75, 3.05) is 5.32 Å². The van der Waals surface area contributed by atoms with Crippen LogP contribution in [0.1, 0.15) is 46.6 Å². The van der Waals surface area contributed by atoms with Gasteiger partial charge < -0.3 is 0 Å². The number of nitrogens with zero attached hydrogens (tertiary/aromatic N) is 3. The normalized spacial score (nSPS) is 14.7. The van der Waals surface area contributed by atoms with Crippen LogP contribution < -0.4 is 5.32 Å². The molecule has 0 bridgehead atoms. The van der Waals surface area contributed by atoms with E-state index in [-0.39, 0.29) is 11.3 Å². The molecule has 1 heterocycles. The highest BCUT2D eigenvalue weighted by atomic mass is 32.1. The van der Waals surface area contributed by atoms with Gasteiger partial charge in [0, 0.05) is 23.6 Å². The average molecular weight is 346 g/mol. The van der Waals surface area contributed by atoms with Crippen LogP contribution in [0, 0.1) is 23.0 Å². The minimum Gasteiger partial charge on any atom is -0.296 e. The summed E-state index contributed by atoms with van der Waals surface area (Å²) in [5.41, 5.74) is 0.550. The molecular weight excluding hydrogens is 328 g/mol. The maximum atomic E-state index is 12.4. The highest BCUT2D eigenvalue weighted by Crippen LogP contribution is 2.30. The number of benzene rings is 1. The molecule has 1 aromatic carbocycles. The highest BCUT2D eigenvalue weighted by molar-refractivity contribution is 7.15. The summed E-state index contributed by atoms with van der Waals surface area (Å²) in [7, 11) is 0. The molecule has 1 aromatic heterocycles.